The predicted octanol–water partition coefficient (Wildman–Crippen LogP) is 2.30. The molecule has 0 saturated carbocycles. The van der Waals surface area contributed by atoms with E-state index in [0.29, 0.717) is 10.4 Å². The molecule has 0 aliphatic carbocycles. The third kappa shape index (κ3) is 2.20. The Bertz CT molecular complexity index is 341. The average Bonchev–Trinajstić information content (AvgIpc) is 2.61. The number of thiophene rings is 1. The van der Waals surface area contributed by atoms with Crippen molar-refractivity contribution in [3.63, 3.8) is 0 Å². The van der Waals surface area contributed by atoms with Crippen molar-refractivity contribution in [2.45, 2.75) is 19.8 Å². The summed E-state index contributed by atoms with van der Waals surface area (Å²) in [6.45, 7) is 2.03. The van der Waals surface area contributed by atoms with Crippen LogP contribution in [0.5, 0.6) is 0 Å². The molecule has 1 rings (SSSR count). The van der Waals surface area contributed by atoms with Crippen LogP contribution in [0.25, 0.3) is 0 Å². The van der Waals surface area contributed by atoms with Crippen molar-refractivity contribution in [2.24, 2.45) is 0 Å². The van der Waals surface area contributed by atoms with Crippen molar-refractivity contribution >= 4 is 23.6 Å². The minimum atomic E-state index is -0.363. The molecule has 3 nitrogen and oxygen atoms in total. The van der Waals surface area contributed by atoms with Gasteiger partial charge in [0, 0.05) is 4.88 Å². The lowest BCUT2D eigenvalue weighted by Gasteiger charge is -1.98. The first kappa shape index (κ1) is 10.9. The summed E-state index contributed by atoms with van der Waals surface area (Å²) in [4.78, 5) is 23.4. The molecule has 14 heavy (non-hydrogen) atoms. The van der Waals surface area contributed by atoms with E-state index in [-0.39, 0.29) is 5.97 Å². The summed E-state index contributed by atoms with van der Waals surface area (Å²) in [5.74, 6) is -0.363. The quantitative estimate of drug-likeness (QED) is 0.568. The van der Waals surface area contributed by atoms with Gasteiger partial charge >= 0.3 is 5.97 Å². The van der Waals surface area contributed by atoms with E-state index in [1.807, 2.05) is 6.92 Å². The zero-order chi connectivity index (χ0) is 10.6. The van der Waals surface area contributed by atoms with E-state index in [1.54, 1.807) is 6.07 Å². The molecular weight excluding hydrogens is 200 g/mol. The van der Waals surface area contributed by atoms with Crippen LogP contribution >= 0.6 is 11.3 Å². The van der Waals surface area contributed by atoms with Crippen LogP contribution in [0.1, 0.15) is 38.3 Å². The Morgan fingerprint density at radius 1 is 1.64 bits per heavy atom. The molecule has 0 aliphatic rings. The highest BCUT2D eigenvalue weighted by Gasteiger charge is 2.15. The number of hydrogen-bond donors (Lipinski definition) is 0. The van der Waals surface area contributed by atoms with Gasteiger partial charge in [0.2, 0.25) is 0 Å². The first-order valence-corrected chi connectivity index (χ1v) is 5.20. The van der Waals surface area contributed by atoms with E-state index < -0.39 is 0 Å². The molecule has 0 unspecified atom stereocenters. The Kier molecular flexibility index (Phi) is 3.83. The van der Waals surface area contributed by atoms with Crippen LogP contribution in [0, 0.1) is 0 Å². The second-order valence-corrected chi connectivity index (χ2v) is 4.01. The number of methoxy groups -OCH3 is 1. The van der Waals surface area contributed by atoms with Crippen molar-refractivity contribution in [3.8, 4) is 0 Å². The van der Waals surface area contributed by atoms with Crippen molar-refractivity contribution in [1.29, 1.82) is 0 Å². The monoisotopic (exact) mass is 212 g/mol. The van der Waals surface area contributed by atoms with Gasteiger partial charge in [0.25, 0.3) is 0 Å². The van der Waals surface area contributed by atoms with Gasteiger partial charge in [-0.1, -0.05) is 13.3 Å². The number of aldehydes is 1. The van der Waals surface area contributed by atoms with E-state index in [9.17, 15) is 9.59 Å². The highest BCUT2D eigenvalue weighted by molar-refractivity contribution is 7.14. The maximum atomic E-state index is 11.3. The molecule has 0 saturated heterocycles. The number of hydrogen-bond acceptors (Lipinski definition) is 4. The standard InChI is InChI=1S/C10H12O3S/c1-3-4-9-8(10(12)13-2)5-7(6-11)14-9/h5-6H,3-4H2,1-2H3. The molecule has 0 bridgehead atoms. The number of carbonyl (C=O) groups excluding carboxylic acids is 2. The summed E-state index contributed by atoms with van der Waals surface area (Å²) in [5.41, 5.74) is 0.529. The molecule has 1 aromatic heterocycles. The summed E-state index contributed by atoms with van der Waals surface area (Å²) < 4.78 is 4.63. The van der Waals surface area contributed by atoms with Crippen LogP contribution in [0.2, 0.25) is 0 Å². The van der Waals surface area contributed by atoms with Gasteiger partial charge in [-0.15, -0.1) is 11.3 Å². The fourth-order valence-electron chi connectivity index (χ4n) is 1.20. The van der Waals surface area contributed by atoms with Crippen molar-refractivity contribution in [1.82, 2.24) is 0 Å². The van der Waals surface area contributed by atoms with Crippen LogP contribution in [-0.4, -0.2) is 19.4 Å². The second-order valence-electron chi connectivity index (χ2n) is 2.85. The lowest BCUT2D eigenvalue weighted by molar-refractivity contribution is 0.0600. The molecule has 76 valence electrons. The van der Waals surface area contributed by atoms with Gasteiger partial charge in [0.1, 0.15) is 0 Å². The number of rotatable bonds is 4. The van der Waals surface area contributed by atoms with Gasteiger partial charge in [-0.3, -0.25) is 4.79 Å². The molecule has 0 amide bonds. The third-order valence-corrected chi connectivity index (χ3v) is 2.95. The second kappa shape index (κ2) is 4.91. The fourth-order valence-corrected chi connectivity index (χ4v) is 2.27. The molecular formula is C10H12O3S. The maximum Gasteiger partial charge on any atom is 0.339 e. The number of esters is 1. The molecule has 1 aromatic rings. The Morgan fingerprint density at radius 3 is 2.86 bits per heavy atom. The predicted molar refractivity (Wildman–Crippen MR) is 55.0 cm³/mol. The third-order valence-electron chi connectivity index (χ3n) is 1.83. The molecule has 0 radical (unpaired) electrons. The smallest absolute Gasteiger partial charge is 0.339 e. The van der Waals surface area contributed by atoms with Crippen LogP contribution in [0.15, 0.2) is 6.07 Å². The van der Waals surface area contributed by atoms with Crippen LogP contribution in [-0.2, 0) is 11.2 Å². The summed E-state index contributed by atoms with van der Waals surface area (Å²) in [7, 11) is 1.34. The summed E-state index contributed by atoms with van der Waals surface area (Å²) in [5, 5.41) is 0. The topological polar surface area (TPSA) is 43.4 Å². The fraction of sp³-hybridized carbons (Fsp3) is 0.400. The normalized spacial score (nSPS) is 9.86. The summed E-state index contributed by atoms with van der Waals surface area (Å²) >= 11 is 1.36. The van der Waals surface area contributed by atoms with E-state index in [1.165, 1.54) is 18.4 Å². The maximum absolute atomic E-state index is 11.3. The van der Waals surface area contributed by atoms with Crippen LogP contribution in [0.3, 0.4) is 0 Å². The van der Waals surface area contributed by atoms with E-state index in [0.717, 1.165) is 24.0 Å². The van der Waals surface area contributed by atoms with E-state index in [4.69, 9.17) is 0 Å². The Balaban J connectivity index is 3.04. The minimum Gasteiger partial charge on any atom is -0.465 e. The Hall–Kier alpha value is -1.16. The molecule has 0 spiro atoms. The number of ether oxygens (including phenoxy) is 1. The van der Waals surface area contributed by atoms with E-state index >= 15 is 0 Å². The van der Waals surface area contributed by atoms with Gasteiger partial charge in [0.15, 0.2) is 6.29 Å². The van der Waals surface area contributed by atoms with Crippen molar-refractivity contribution < 1.29 is 14.3 Å². The average molecular weight is 212 g/mol. The highest BCUT2D eigenvalue weighted by atomic mass is 32.1. The zero-order valence-electron chi connectivity index (χ0n) is 8.20. The molecule has 0 aliphatic heterocycles. The first-order valence-electron chi connectivity index (χ1n) is 4.39. The highest BCUT2D eigenvalue weighted by Crippen LogP contribution is 2.23. The lowest BCUT2D eigenvalue weighted by Crippen LogP contribution is -2.02. The molecule has 0 aromatic carbocycles. The Morgan fingerprint density at radius 2 is 2.36 bits per heavy atom. The molecule has 4 heteroatoms. The van der Waals surface area contributed by atoms with Crippen molar-refractivity contribution in [2.75, 3.05) is 7.11 Å². The largest absolute Gasteiger partial charge is 0.465 e. The summed E-state index contributed by atoms with van der Waals surface area (Å²) in [6.07, 6.45) is 2.52. The van der Waals surface area contributed by atoms with E-state index in [2.05, 4.69) is 4.74 Å². The molecule has 1 heterocycles. The number of carbonyl (C=O) groups is 2. The summed E-state index contributed by atoms with van der Waals surface area (Å²) in [6, 6.07) is 1.59. The first-order chi connectivity index (χ1) is 6.72. The van der Waals surface area contributed by atoms with Crippen LogP contribution < -0.4 is 0 Å². The van der Waals surface area contributed by atoms with Crippen molar-refractivity contribution in [3.05, 3.63) is 21.4 Å². The molecule has 0 N–H and O–H groups in total. The van der Waals surface area contributed by atoms with Gasteiger partial charge < -0.3 is 4.74 Å². The SMILES string of the molecule is CCCc1sc(C=O)cc1C(=O)OC. The lowest BCUT2D eigenvalue weighted by atomic mass is 10.2. The molecule has 0 fully saturated rings. The minimum absolute atomic E-state index is 0.363. The van der Waals surface area contributed by atoms with Gasteiger partial charge in [-0.25, -0.2) is 4.79 Å². The van der Waals surface area contributed by atoms with Gasteiger partial charge in [-0.05, 0) is 12.5 Å². The Labute approximate surface area is 86.7 Å². The van der Waals surface area contributed by atoms with Gasteiger partial charge in [0.05, 0.1) is 17.6 Å². The number of aryl methyl sites for hydroxylation is 1. The van der Waals surface area contributed by atoms with Crippen LogP contribution in [0.4, 0.5) is 0 Å². The molecule has 0 atom stereocenters. The zero-order valence-corrected chi connectivity index (χ0v) is 9.02. The van der Waals surface area contributed by atoms with Gasteiger partial charge in [-0.2, -0.15) is 0 Å².